The van der Waals surface area contributed by atoms with E-state index in [1.54, 1.807) is 6.92 Å². The third kappa shape index (κ3) is 2.09. The lowest BCUT2D eigenvalue weighted by Gasteiger charge is -2.03. The van der Waals surface area contributed by atoms with Crippen LogP contribution in [0.5, 0.6) is 0 Å². The van der Waals surface area contributed by atoms with Gasteiger partial charge in [0.05, 0.1) is 17.5 Å². The van der Waals surface area contributed by atoms with E-state index in [4.69, 9.17) is 0 Å². The van der Waals surface area contributed by atoms with Crippen molar-refractivity contribution in [3.05, 3.63) is 58.9 Å². The maximum Gasteiger partial charge on any atom is 0.215 e. The maximum absolute atomic E-state index is 13.4. The second kappa shape index (κ2) is 4.56. The summed E-state index contributed by atoms with van der Waals surface area (Å²) in [6.07, 6.45) is 2.48. The molecule has 0 N–H and O–H groups in total. The van der Waals surface area contributed by atoms with Crippen molar-refractivity contribution in [2.45, 2.75) is 6.92 Å². The standard InChI is InChI=1S/C12H7F3N2O/c1-6-4-17-9(5-16-6)12(18)7-2-3-8(13)11(15)10(7)14/h2-5H,1H3. The van der Waals surface area contributed by atoms with Crippen LogP contribution < -0.4 is 0 Å². The highest BCUT2D eigenvalue weighted by Crippen LogP contribution is 2.17. The van der Waals surface area contributed by atoms with Gasteiger partial charge in [-0.25, -0.2) is 18.2 Å². The average Bonchev–Trinajstić information content (AvgIpc) is 2.36. The molecule has 0 aliphatic rings. The van der Waals surface area contributed by atoms with Crippen molar-refractivity contribution < 1.29 is 18.0 Å². The van der Waals surface area contributed by atoms with Gasteiger partial charge in [0, 0.05) is 6.20 Å². The van der Waals surface area contributed by atoms with E-state index in [1.165, 1.54) is 6.20 Å². The number of aromatic nitrogens is 2. The number of aryl methyl sites for hydroxylation is 1. The lowest BCUT2D eigenvalue weighted by Crippen LogP contribution is -2.09. The van der Waals surface area contributed by atoms with Crippen molar-refractivity contribution in [1.29, 1.82) is 0 Å². The SMILES string of the molecule is Cc1cnc(C(=O)c2ccc(F)c(F)c2F)cn1. The Kier molecular flexibility index (Phi) is 3.10. The van der Waals surface area contributed by atoms with Crippen molar-refractivity contribution in [3.63, 3.8) is 0 Å². The van der Waals surface area contributed by atoms with E-state index >= 15 is 0 Å². The van der Waals surface area contributed by atoms with Crippen LogP contribution in [-0.4, -0.2) is 15.8 Å². The lowest BCUT2D eigenvalue weighted by atomic mass is 10.1. The van der Waals surface area contributed by atoms with E-state index in [-0.39, 0.29) is 5.69 Å². The molecule has 3 nitrogen and oxygen atoms in total. The summed E-state index contributed by atoms with van der Waals surface area (Å²) >= 11 is 0. The van der Waals surface area contributed by atoms with Crippen molar-refractivity contribution in [2.75, 3.05) is 0 Å². The number of halogens is 3. The predicted octanol–water partition coefficient (Wildman–Crippen LogP) is 2.43. The summed E-state index contributed by atoms with van der Waals surface area (Å²) in [5, 5.41) is 0. The van der Waals surface area contributed by atoms with Crippen molar-refractivity contribution in [1.82, 2.24) is 9.97 Å². The van der Waals surface area contributed by atoms with Gasteiger partial charge >= 0.3 is 0 Å². The minimum Gasteiger partial charge on any atom is -0.287 e. The molecule has 1 aromatic carbocycles. The van der Waals surface area contributed by atoms with Crippen molar-refractivity contribution >= 4 is 5.78 Å². The Labute approximate surface area is 100 Å². The predicted molar refractivity (Wildman–Crippen MR) is 56.5 cm³/mol. The van der Waals surface area contributed by atoms with Crippen molar-refractivity contribution in [2.24, 2.45) is 0 Å². The maximum atomic E-state index is 13.4. The smallest absolute Gasteiger partial charge is 0.215 e. The van der Waals surface area contributed by atoms with Gasteiger partial charge in [-0.3, -0.25) is 9.78 Å². The lowest BCUT2D eigenvalue weighted by molar-refractivity contribution is 0.102. The van der Waals surface area contributed by atoms with Crippen LogP contribution in [-0.2, 0) is 0 Å². The Hall–Kier alpha value is -2.24. The third-order valence-corrected chi connectivity index (χ3v) is 2.29. The third-order valence-electron chi connectivity index (χ3n) is 2.29. The molecule has 92 valence electrons. The molecule has 0 unspecified atom stereocenters. The zero-order chi connectivity index (χ0) is 13.3. The molecule has 18 heavy (non-hydrogen) atoms. The number of nitrogens with zero attached hydrogens (tertiary/aromatic N) is 2. The number of hydrogen-bond acceptors (Lipinski definition) is 3. The molecular weight excluding hydrogens is 245 g/mol. The first-order valence-electron chi connectivity index (χ1n) is 4.97. The summed E-state index contributed by atoms with van der Waals surface area (Å²) in [6.45, 7) is 1.67. The van der Waals surface area contributed by atoms with E-state index in [2.05, 4.69) is 9.97 Å². The minimum absolute atomic E-state index is 0.134. The number of hydrogen-bond donors (Lipinski definition) is 0. The number of carbonyl (C=O) groups excluding carboxylic acids is 1. The molecule has 6 heteroatoms. The zero-order valence-corrected chi connectivity index (χ0v) is 9.25. The Bertz CT molecular complexity index is 611. The first-order valence-corrected chi connectivity index (χ1v) is 4.97. The molecule has 0 amide bonds. The highest BCUT2D eigenvalue weighted by atomic mass is 19.2. The molecule has 0 bridgehead atoms. The Morgan fingerprint density at radius 3 is 2.39 bits per heavy atom. The van der Waals surface area contributed by atoms with E-state index in [9.17, 15) is 18.0 Å². The molecule has 0 atom stereocenters. The van der Waals surface area contributed by atoms with Gasteiger partial charge in [-0.15, -0.1) is 0 Å². The molecule has 0 saturated carbocycles. The van der Waals surface area contributed by atoms with Crippen LogP contribution >= 0.6 is 0 Å². The summed E-state index contributed by atoms with van der Waals surface area (Å²) in [5.74, 6) is -5.40. The van der Waals surface area contributed by atoms with Gasteiger partial charge in [-0.05, 0) is 19.1 Å². The Balaban J connectivity index is 2.46. The molecule has 2 rings (SSSR count). The summed E-state index contributed by atoms with van der Waals surface area (Å²) < 4.78 is 39.1. The normalized spacial score (nSPS) is 10.4. The molecule has 0 spiro atoms. The quantitative estimate of drug-likeness (QED) is 0.609. The van der Waals surface area contributed by atoms with Gasteiger partial charge in [0.1, 0.15) is 5.69 Å². The van der Waals surface area contributed by atoms with E-state index in [0.717, 1.165) is 12.3 Å². The fourth-order valence-corrected chi connectivity index (χ4v) is 1.35. The number of rotatable bonds is 2. The van der Waals surface area contributed by atoms with Crippen LogP contribution in [0.15, 0.2) is 24.5 Å². The van der Waals surface area contributed by atoms with Crippen LogP contribution in [0.25, 0.3) is 0 Å². The molecule has 0 saturated heterocycles. The monoisotopic (exact) mass is 252 g/mol. The highest BCUT2D eigenvalue weighted by molar-refractivity contribution is 6.07. The van der Waals surface area contributed by atoms with Gasteiger partial charge in [-0.1, -0.05) is 0 Å². The molecular formula is C12H7F3N2O. The molecule has 0 radical (unpaired) electrons. The van der Waals surface area contributed by atoms with Crippen LogP contribution in [0.2, 0.25) is 0 Å². The Morgan fingerprint density at radius 2 is 1.78 bits per heavy atom. The topological polar surface area (TPSA) is 42.9 Å². The van der Waals surface area contributed by atoms with Crippen LogP contribution in [0.3, 0.4) is 0 Å². The zero-order valence-electron chi connectivity index (χ0n) is 9.25. The molecule has 2 aromatic rings. The first kappa shape index (κ1) is 12.2. The number of benzene rings is 1. The summed E-state index contributed by atoms with van der Waals surface area (Å²) in [7, 11) is 0. The summed E-state index contributed by atoms with van der Waals surface area (Å²) in [6, 6.07) is 1.56. The van der Waals surface area contributed by atoms with Crippen LogP contribution in [0.1, 0.15) is 21.7 Å². The van der Waals surface area contributed by atoms with Crippen molar-refractivity contribution in [3.8, 4) is 0 Å². The van der Waals surface area contributed by atoms with Gasteiger partial charge < -0.3 is 0 Å². The van der Waals surface area contributed by atoms with Gasteiger partial charge in [0.2, 0.25) is 5.78 Å². The highest BCUT2D eigenvalue weighted by Gasteiger charge is 2.20. The Morgan fingerprint density at radius 1 is 1.06 bits per heavy atom. The summed E-state index contributed by atoms with van der Waals surface area (Å²) in [5.41, 5.74) is -0.130. The van der Waals surface area contributed by atoms with E-state index in [1.807, 2.05) is 0 Å². The fourth-order valence-electron chi connectivity index (χ4n) is 1.35. The van der Waals surface area contributed by atoms with E-state index in [0.29, 0.717) is 11.8 Å². The van der Waals surface area contributed by atoms with Gasteiger partial charge in [0.25, 0.3) is 0 Å². The minimum atomic E-state index is -1.68. The molecule has 1 heterocycles. The van der Waals surface area contributed by atoms with Crippen LogP contribution in [0, 0.1) is 24.4 Å². The average molecular weight is 252 g/mol. The first-order chi connectivity index (χ1) is 8.50. The number of carbonyl (C=O) groups is 1. The van der Waals surface area contributed by atoms with E-state index < -0.39 is 28.8 Å². The molecule has 0 fully saturated rings. The van der Waals surface area contributed by atoms with Gasteiger partial charge in [-0.2, -0.15) is 0 Å². The molecule has 0 aliphatic heterocycles. The second-order valence-corrected chi connectivity index (χ2v) is 3.60. The fraction of sp³-hybridized carbons (Fsp3) is 0.0833. The largest absolute Gasteiger partial charge is 0.287 e. The van der Waals surface area contributed by atoms with Gasteiger partial charge in [0.15, 0.2) is 17.5 Å². The second-order valence-electron chi connectivity index (χ2n) is 3.60. The number of ketones is 1. The summed E-state index contributed by atoms with van der Waals surface area (Å²) in [4.78, 5) is 19.4. The molecule has 1 aromatic heterocycles. The molecule has 0 aliphatic carbocycles. The van der Waals surface area contributed by atoms with Crippen LogP contribution in [0.4, 0.5) is 13.2 Å².